The van der Waals surface area contributed by atoms with Crippen LogP contribution >= 0.6 is 0 Å². The normalized spacial score (nSPS) is 15.4. The van der Waals surface area contributed by atoms with Gasteiger partial charge < -0.3 is 30.3 Å². The van der Waals surface area contributed by atoms with Gasteiger partial charge in [0.2, 0.25) is 0 Å². The van der Waals surface area contributed by atoms with Crippen molar-refractivity contribution in [2.24, 2.45) is 0 Å². The van der Waals surface area contributed by atoms with Crippen LogP contribution in [-0.4, -0.2) is 69.1 Å². The summed E-state index contributed by atoms with van der Waals surface area (Å²) in [6, 6.07) is 0. The van der Waals surface area contributed by atoms with Crippen LogP contribution in [0.3, 0.4) is 0 Å². The highest BCUT2D eigenvalue weighted by atomic mass is 16.5. The minimum atomic E-state index is -1.96. The third kappa shape index (κ3) is 16.5. The van der Waals surface area contributed by atoms with Crippen LogP contribution in [0.2, 0.25) is 0 Å². The molecular weight excluding hydrogens is 400 g/mol. The van der Waals surface area contributed by atoms with E-state index in [-0.39, 0.29) is 6.61 Å². The molecule has 0 aromatic heterocycles. The number of unbranched alkanes of at least 4 members (excludes halogenated alkanes) is 15. The van der Waals surface area contributed by atoms with Gasteiger partial charge in [-0.1, -0.05) is 103 Å². The Balaban J connectivity index is 3.45. The van der Waals surface area contributed by atoms with Gasteiger partial charge in [-0.05, 0) is 6.42 Å². The lowest BCUT2D eigenvalue weighted by Crippen LogP contribution is -2.49. The molecule has 5 N–H and O–H groups in total. The lowest BCUT2D eigenvalue weighted by Gasteiger charge is -2.24. The molecule has 0 fully saturated rings. The fourth-order valence-electron chi connectivity index (χ4n) is 3.57. The van der Waals surface area contributed by atoms with E-state index < -0.39 is 37.0 Å². The average Bonchev–Trinajstić information content (AvgIpc) is 2.78. The smallest absolute Gasteiger partial charge is 0.337 e. The van der Waals surface area contributed by atoms with Crippen molar-refractivity contribution < 1.29 is 35.1 Å². The van der Waals surface area contributed by atoms with Crippen LogP contribution in [0.15, 0.2) is 0 Å². The third-order valence-corrected chi connectivity index (χ3v) is 5.74. The number of carbonyl (C=O) groups excluding carboxylic acids is 1. The van der Waals surface area contributed by atoms with Gasteiger partial charge in [-0.3, -0.25) is 0 Å². The summed E-state index contributed by atoms with van der Waals surface area (Å²) < 4.78 is 4.90. The summed E-state index contributed by atoms with van der Waals surface area (Å²) in [6.45, 7) is 1.60. The van der Waals surface area contributed by atoms with Crippen molar-refractivity contribution in [3.8, 4) is 0 Å². The molecule has 0 spiro atoms. The standard InChI is InChI=1S/C24H48O7/c1-2-3-4-5-6-7-8-9-10-11-12-13-14-15-16-17-18-31-24(30)23(29)22(28)21(27)20(26)19-25/h20-23,25-29H,2-19H2,1H3/t20-,21-,22+,23-/m1/s1. The highest BCUT2D eigenvalue weighted by Crippen LogP contribution is 2.14. The molecule has 0 saturated heterocycles. The summed E-state index contributed by atoms with van der Waals surface area (Å²) in [4.78, 5) is 11.7. The molecule has 0 aliphatic heterocycles. The van der Waals surface area contributed by atoms with E-state index in [0.717, 1.165) is 19.3 Å². The summed E-state index contributed by atoms with van der Waals surface area (Å²) in [5.74, 6) is -1.04. The highest BCUT2D eigenvalue weighted by molar-refractivity contribution is 5.75. The van der Waals surface area contributed by atoms with Crippen LogP contribution in [-0.2, 0) is 9.53 Å². The summed E-state index contributed by atoms with van der Waals surface area (Å²) in [6.07, 6.45) is 12.6. The van der Waals surface area contributed by atoms with E-state index in [1.807, 2.05) is 0 Å². The number of hydrogen-bond acceptors (Lipinski definition) is 7. The number of hydrogen-bond donors (Lipinski definition) is 5. The first-order valence-corrected chi connectivity index (χ1v) is 12.4. The molecule has 0 aliphatic carbocycles. The lowest BCUT2D eigenvalue weighted by atomic mass is 10.0. The van der Waals surface area contributed by atoms with Crippen molar-refractivity contribution in [2.75, 3.05) is 13.2 Å². The maximum Gasteiger partial charge on any atom is 0.337 e. The molecule has 0 rings (SSSR count). The summed E-state index contributed by atoms with van der Waals surface area (Å²) in [5, 5.41) is 46.7. The van der Waals surface area contributed by atoms with Crippen LogP contribution in [0, 0.1) is 0 Å². The lowest BCUT2D eigenvalue weighted by molar-refractivity contribution is -0.170. The third-order valence-electron chi connectivity index (χ3n) is 5.74. The number of ether oxygens (including phenoxy) is 1. The Hall–Kier alpha value is -0.730. The zero-order valence-electron chi connectivity index (χ0n) is 19.6. The van der Waals surface area contributed by atoms with Crippen LogP contribution in [0.4, 0.5) is 0 Å². The van der Waals surface area contributed by atoms with Crippen molar-refractivity contribution in [1.82, 2.24) is 0 Å². The van der Waals surface area contributed by atoms with E-state index in [1.165, 1.54) is 77.0 Å². The highest BCUT2D eigenvalue weighted by Gasteiger charge is 2.35. The fourth-order valence-corrected chi connectivity index (χ4v) is 3.57. The van der Waals surface area contributed by atoms with Gasteiger partial charge in [-0.2, -0.15) is 0 Å². The quantitative estimate of drug-likeness (QED) is 0.127. The van der Waals surface area contributed by atoms with Crippen LogP contribution in [0.25, 0.3) is 0 Å². The average molecular weight is 449 g/mol. The molecule has 4 atom stereocenters. The Morgan fingerprint density at radius 2 is 1.03 bits per heavy atom. The Bertz CT molecular complexity index is 405. The first-order chi connectivity index (χ1) is 15.0. The van der Waals surface area contributed by atoms with Crippen molar-refractivity contribution >= 4 is 5.97 Å². The van der Waals surface area contributed by atoms with Gasteiger partial charge in [0.05, 0.1) is 13.2 Å². The second-order valence-corrected chi connectivity index (χ2v) is 8.65. The number of rotatable bonds is 22. The molecule has 0 amide bonds. The topological polar surface area (TPSA) is 127 Å². The summed E-state index contributed by atoms with van der Waals surface area (Å²) >= 11 is 0. The van der Waals surface area contributed by atoms with Crippen molar-refractivity contribution in [2.45, 2.75) is 134 Å². The van der Waals surface area contributed by atoms with Crippen molar-refractivity contribution in [1.29, 1.82) is 0 Å². The maximum atomic E-state index is 11.7. The Morgan fingerprint density at radius 1 is 0.645 bits per heavy atom. The Labute approximate surface area is 188 Å². The molecule has 186 valence electrons. The van der Waals surface area contributed by atoms with E-state index in [9.17, 15) is 25.2 Å². The molecule has 0 radical (unpaired) electrons. The monoisotopic (exact) mass is 448 g/mol. The van der Waals surface area contributed by atoms with Gasteiger partial charge in [-0.15, -0.1) is 0 Å². The Kier molecular flexibility index (Phi) is 20.6. The largest absolute Gasteiger partial charge is 0.464 e. The van der Waals surface area contributed by atoms with E-state index in [1.54, 1.807) is 0 Å². The number of esters is 1. The second-order valence-electron chi connectivity index (χ2n) is 8.65. The molecule has 31 heavy (non-hydrogen) atoms. The minimum absolute atomic E-state index is 0.139. The zero-order valence-corrected chi connectivity index (χ0v) is 19.6. The SMILES string of the molecule is CCCCCCCCCCCCCCCCCCOC(=O)[C@H](O)[C@@H](O)[C@H](O)[C@H](O)CO. The van der Waals surface area contributed by atoms with E-state index in [0.29, 0.717) is 6.42 Å². The molecule has 0 unspecified atom stereocenters. The van der Waals surface area contributed by atoms with Gasteiger partial charge in [-0.25, -0.2) is 4.79 Å². The molecule has 0 saturated carbocycles. The molecule has 7 heteroatoms. The maximum absolute atomic E-state index is 11.7. The number of aliphatic hydroxyl groups is 5. The first-order valence-electron chi connectivity index (χ1n) is 12.4. The van der Waals surface area contributed by atoms with E-state index >= 15 is 0 Å². The van der Waals surface area contributed by atoms with Gasteiger partial charge in [0.15, 0.2) is 6.10 Å². The van der Waals surface area contributed by atoms with Gasteiger partial charge in [0.25, 0.3) is 0 Å². The van der Waals surface area contributed by atoms with Crippen molar-refractivity contribution in [3.63, 3.8) is 0 Å². The minimum Gasteiger partial charge on any atom is -0.464 e. The van der Waals surface area contributed by atoms with Gasteiger partial charge in [0, 0.05) is 0 Å². The zero-order chi connectivity index (χ0) is 23.3. The summed E-state index contributed by atoms with van der Waals surface area (Å²) in [5.41, 5.74) is 0. The predicted octanol–water partition coefficient (Wildman–Crippen LogP) is 3.23. The van der Waals surface area contributed by atoms with Gasteiger partial charge >= 0.3 is 5.97 Å². The number of carbonyl (C=O) groups is 1. The van der Waals surface area contributed by atoms with Crippen LogP contribution < -0.4 is 0 Å². The predicted molar refractivity (Wildman–Crippen MR) is 122 cm³/mol. The van der Waals surface area contributed by atoms with E-state index in [4.69, 9.17) is 9.84 Å². The van der Waals surface area contributed by atoms with Crippen molar-refractivity contribution in [3.05, 3.63) is 0 Å². The van der Waals surface area contributed by atoms with Crippen LogP contribution in [0.5, 0.6) is 0 Å². The molecule has 0 bridgehead atoms. The van der Waals surface area contributed by atoms with Crippen LogP contribution in [0.1, 0.15) is 110 Å². The second kappa shape index (κ2) is 21.1. The Morgan fingerprint density at radius 3 is 1.42 bits per heavy atom. The summed E-state index contributed by atoms with van der Waals surface area (Å²) in [7, 11) is 0. The molecule has 0 aliphatic rings. The van der Waals surface area contributed by atoms with E-state index in [2.05, 4.69) is 6.92 Å². The molecule has 0 aromatic rings. The molecular formula is C24H48O7. The van der Waals surface area contributed by atoms with Gasteiger partial charge in [0.1, 0.15) is 18.3 Å². The number of aliphatic hydroxyl groups excluding tert-OH is 5. The molecule has 0 heterocycles. The first kappa shape index (κ1) is 30.3. The fraction of sp³-hybridized carbons (Fsp3) is 0.958. The molecule has 7 nitrogen and oxygen atoms in total. The molecule has 0 aromatic carbocycles.